The molecule has 1 aromatic heterocycles. The van der Waals surface area contributed by atoms with E-state index in [4.69, 9.17) is 9.47 Å². The van der Waals surface area contributed by atoms with Crippen molar-refractivity contribution in [2.45, 2.75) is 77.4 Å². The molecule has 1 aliphatic carbocycles. The molecule has 2 heterocycles. The van der Waals surface area contributed by atoms with Crippen LogP contribution in [0.4, 0.5) is 17.6 Å². The Balaban J connectivity index is 1.55. The first kappa shape index (κ1) is 24.0. The molecule has 9 heteroatoms. The Bertz CT molecular complexity index is 977. The summed E-state index contributed by atoms with van der Waals surface area (Å²) in [6.07, 6.45) is 8.83. The van der Waals surface area contributed by atoms with Crippen LogP contribution in [0.25, 0.3) is 0 Å². The Morgan fingerprint density at radius 3 is 2.50 bits per heavy atom. The first-order valence-corrected chi connectivity index (χ1v) is 12.4. The second kappa shape index (κ2) is 11.4. The van der Waals surface area contributed by atoms with Crippen molar-refractivity contribution < 1.29 is 14.3 Å². The van der Waals surface area contributed by atoms with E-state index in [9.17, 15) is 4.79 Å². The number of likely N-dealkylation sites (tertiary alicyclic amines) is 1. The van der Waals surface area contributed by atoms with Gasteiger partial charge in [-0.25, -0.2) is 0 Å². The summed E-state index contributed by atoms with van der Waals surface area (Å²) >= 11 is 0. The molecular weight excluding hydrogens is 432 g/mol. The molecule has 1 atom stereocenters. The number of hydrogen-bond acceptors (Lipinski definition) is 8. The fourth-order valence-electron chi connectivity index (χ4n) is 4.69. The molecule has 1 unspecified atom stereocenters. The predicted molar refractivity (Wildman–Crippen MR) is 132 cm³/mol. The van der Waals surface area contributed by atoms with Crippen LogP contribution in [-0.4, -0.2) is 58.1 Å². The van der Waals surface area contributed by atoms with Gasteiger partial charge in [-0.1, -0.05) is 25.7 Å². The quantitative estimate of drug-likeness (QED) is 0.575. The van der Waals surface area contributed by atoms with Crippen LogP contribution in [0.1, 0.15) is 63.9 Å². The molecule has 1 amide bonds. The van der Waals surface area contributed by atoms with Crippen LogP contribution in [0.5, 0.6) is 11.8 Å². The molecule has 0 spiro atoms. The van der Waals surface area contributed by atoms with Crippen molar-refractivity contribution in [3.63, 3.8) is 0 Å². The molecule has 184 valence electrons. The molecule has 1 saturated carbocycles. The second-order valence-corrected chi connectivity index (χ2v) is 9.25. The number of nitrogens with zero attached hydrogens (tertiary/aromatic N) is 4. The monoisotopic (exact) mass is 468 g/mol. The summed E-state index contributed by atoms with van der Waals surface area (Å²) in [6, 6.07) is 6.46. The molecule has 1 saturated heterocycles. The van der Waals surface area contributed by atoms with Crippen molar-refractivity contribution in [2.75, 3.05) is 30.8 Å². The van der Waals surface area contributed by atoms with Crippen molar-refractivity contribution in [1.82, 2.24) is 19.9 Å². The summed E-state index contributed by atoms with van der Waals surface area (Å²) in [5.74, 6) is 1.83. The molecule has 2 N–H and O–H groups in total. The van der Waals surface area contributed by atoms with Crippen molar-refractivity contribution >= 4 is 23.5 Å². The van der Waals surface area contributed by atoms with Crippen molar-refractivity contribution in [3.8, 4) is 11.8 Å². The van der Waals surface area contributed by atoms with Crippen LogP contribution in [-0.2, 0) is 4.79 Å². The van der Waals surface area contributed by atoms with E-state index in [1.807, 2.05) is 30.0 Å². The van der Waals surface area contributed by atoms with Gasteiger partial charge in [-0.3, -0.25) is 4.79 Å². The maximum atomic E-state index is 11.8. The topological polar surface area (TPSA) is 101 Å². The molecule has 1 aliphatic heterocycles. The molecule has 2 fully saturated rings. The Morgan fingerprint density at radius 1 is 1.03 bits per heavy atom. The molecule has 9 nitrogen and oxygen atoms in total. The lowest BCUT2D eigenvalue weighted by Gasteiger charge is -2.31. The van der Waals surface area contributed by atoms with E-state index in [-0.39, 0.29) is 18.0 Å². The van der Waals surface area contributed by atoms with Gasteiger partial charge in [0.1, 0.15) is 11.9 Å². The van der Waals surface area contributed by atoms with Gasteiger partial charge in [0, 0.05) is 25.2 Å². The van der Waals surface area contributed by atoms with Crippen molar-refractivity contribution in [3.05, 3.63) is 23.8 Å². The van der Waals surface area contributed by atoms with Gasteiger partial charge in [0.25, 0.3) is 0 Å². The molecule has 4 rings (SSSR count). The molecule has 0 bridgehead atoms. The predicted octanol–water partition coefficient (Wildman–Crippen LogP) is 4.46. The number of aromatic nitrogens is 3. The van der Waals surface area contributed by atoms with Crippen LogP contribution in [0.2, 0.25) is 0 Å². The van der Waals surface area contributed by atoms with Gasteiger partial charge in [0.15, 0.2) is 0 Å². The zero-order valence-corrected chi connectivity index (χ0v) is 20.5. The summed E-state index contributed by atoms with van der Waals surface area (Å²) in [5.41, 5.74) is 1.87. The number of aryl methyl sites for hydroxylation is 1. The number of anilines is 3. The lowest BCUT2D eigenvalue weighted by Crippen LogP contribution is -2.43. The van der Waals surface area contributed by atoms with Crippen LogP contribution in [0, 0.1) is 6.92 Å². The Labute approximate surface area is 201 Å². The number of rotatable bonds is 7. The first-order valence-electron chi connectivity index (χ1n) is 12.4. The van der Waals surface area contributed by atoms with Gasteiger partial charge < -0.3 is 25.0 Å². The average molecular weight is 469 g/mol. The maximum Gasteiger partial charge on any atom is 0.323 e. The number of benzene rings is 1. The summed E-state index contributed by atoms with van der Waals surface area (Å²) < 4.78 is 11.5. The molecule has 34 heavy (non-hydrogen) atoms. The van der Waals surface area contributed by atoms with E-state index in [1.165, 1.54) is 25.7 Å². The zero-order chi connectivity index (χ0) is 23.9. The molecule has 0 radical (unpaired) electrons. The van der Waals surface area contributed by atoms with Crippen molar-refractivity contribution in [2.24, 2.45) is 0 Å². The number of amides is 1. The Hall–Kier alpha value is -3.10. The third kappa shape index (κ3) is 6.48. The van der Waals surface area contributed by atoms with Gasteiger partial charge in [0.2, 0.25) is 17.8 Å². The maximum absolute atomic E-state index is 11.8. The third-order valence-corrected chi connectivity index (χ3v) is 6.55. The lowest BCUT2D eigenvalue weighted by molar-refractivity contribution is -0.131. The highest BCUT2D eigenvalue weighted by Crippen LogP contribution is 2.26. The summed E-state index contributed by atoms with van der Waals surface area (Å²) in [6.45, 7) is 4.91. The van der Waals surface area contributed by atoms with E-state index in [0.717, 1.165) is 49.2 Å². The minimum atomic E-state index is -0.137. The average Bonchev–Trinajstić information content (AvgIpc) is 3.08. The van der Waals surface area contributed by atoms with Gasteiger partial charge in [-0.05, 0) is 56.4 Å². The highest BCUT2D eigenvalue weighted by molar-refractivity contribution is 5.73. The highest BCUT2D eigenvalue weighted by Gasteiger charge is 2.24. The molecule has 2 aliphatic rings. The summed E-state index contributed by atoms with van der Waals surface area (Å²) in [5, 5.41) is 6.80. The lowest BCUT2D eigenvalue weighted by atomic mass is 10.1. The van der Waals surface area contributed by atoms with E-state index < -0.39 is 0 Å². The molecular formula is C25H36N6O3. The number of hydrogen-bond donors (Lipinski definition) is 2. The van der Waals surface area contributed by atoms with Gasteiger partial charge in [-0.2, -0.15) is 15.0 Å². The normalized spacial score (nSPS) is 19.3. The minimum absolute atomic E-state index is 0.0666. The SMILES string of the molecule is COc1ccc(Nc2nc(NC3CCCCCC3)nc(OC3CCCN(C(C)=O)C3)n2)cc1C. The van der Waals surface area contributed by atoms with Crippen LogP contribution >= 0.6 is 0 Å². The van der Waals surface area contributed by atoms with Gasteiger partial charge in [-0.15, -0.1) is 0 Å². The molecule has 2 aromatic rings. The van der Waals surface area contributed by atoms with Gasteiger partial charge in [0.05, 0.1) is 13.7 Å². The smallest absolute Gasteiger partial charge is 0.323 e. The van der Waals surface area contributed by atoms with Crippen molar-refractivity contribution in [1.29, 1.82) is 0 Å². The number of methoxy groups -OCH3 is 1. The largest absolute Gasteiger partial charge is 0.496 e. The van der Waals surface area contributed by atoms with Crippen LogP contribution < -0.4 is 20.1 Å². The van der Waals surface area contributed by atoms with Crippen LogP contribution in [0.15, 0.2) is 18.2 Å². The Kier molecular flexibility index (Phi) is 8.03. The number of carbonyl (C=O) groups excluding carboxylic acids is 1. The standard InChI is InChI=1S/C25H36N6O3/c1-17-15-20(12-13-22(17)33-3)27-24-28-23(26-19-9-6-4-5-7-10-19)29-25(30-24)34-21-11-8-14-31(16-21)18(2)32/h12-13,15,19,21H,4-11,14,16H2,1-3H3,(H2,26,27,28,29,30). The second-order valence-electron chi connectivity index (χ2n) is 9.25. The summed E-state index contributed by atoms with van der Waals surface area (Å²) in [7, 11) is 1.66. The summed E-state index contributed by atoms with van der Waals surface area (Å²) in [4.78, 5) is 27.4. The number of ether oxygens (including phenoxy) is 2. The fourth-order valence-corrected chi connectivity index (χ4v) is 4.69. The molecule has 1 aromatic carbocycles. The Morgan fingerprint density at radius 2 is 1.79 bits per heavy atom. The van der Waals surface area contributed by atoms with E-state index >= 15 is 0 Å². The minimum Gasteiger partial charge on any atom is -0.496 e. The van der Waals surface area contributed by atoms with E-state index in [1.54, 1.807) is 14.0 Å². The van der Waals surface area contributed by atoms with E-state index in [0.29, 0.717) is 24.5 Å². The van der Waals surface area contributed by atoms with E-state index in [2.05, 4.69) is 25.6 Å². The fraction of sp³-hybridized carbons (Fsp3) is 0.600. The first-order chi connectivity index (χ1) is 16.5. The number of carbonyl (C=O) groups is 1. The van der Waals surface area contributed by atoms with Gasteiger partial charge >= 0.3 is 6.01 Å². The number of piperidine rings is 1. The third-order valence-electron chi connectivity index (χ3n) is 6.55. The highest BCUT2D eigenvalue weighted by atomic mass is 16.5. The van der Waals surface area contributed by atoms with Crippen LogP contribution in [0.3, 0.4) is 0 Å². The number of nitrogens with one attached hydrogen (secondary N) is 2. The zero-order valence-electron chi connectivity index (χ0n) is 20.5.